The Morgan fingerprint density at radius 3 is 1.78 bits per heavy atom. The molecule has 226 valence electrons. The molecule has 2 nitrogen and oxygen atoms in total. The van der Waals surface area contributed by atoms with Crippen LogP contribution in [0.1, 0.15) is 5.56 Å². The normalized spacial score (nSPS) is 11.7. The summed E-state index contributed by atoms with van der Waals surface area (Å²) in [5, 5.41) is 22.0. The van der Waals surface area contributed by atoms with Gasteiger partial charge in [-0.25, -0.2) is 0 Å². The number of nitriles is 1. The van der Waals surface area contributed by atoms with Gasteiger partial charge in [0.25, 0.3) is 0 Å². The van der Waals surface area contributed by atoms with Gasteiger partial charge in [0, 0.05) is 16.5 Å². The molecule has 0 saturated heterocycles. The van der Waals surface area contributed by atoms with Crippen molar-refractivity contribution in [3.63, 3.8) is 0 Å². The average molecular weight is 621 g/mol. The van der Waals surface area contributed by atoms with Crippen molar-refractivity contribution in [3.05, 3.63) is 175 Å². The molecule has 9 aromatic carbocycles. The molecule has 0 atom stereocenters. The number of rotatable bonds is 3. The number of hydrogen-bond donors (Lipinski definition) is 0. The molecule has 0 radical (unpaired) electrons. The predicted octanol–water partition coefficient (Wildman–Crippen LogP) is 12.6. The smallest absolute Gasteiger partial charge is 0.0991 e. The van der Waals surface area contributed by atoms with Crippen molar-refractivity contribution in [2.75, 3.05) is 0 Å². The number of benzene rings is 9. The van der Waals surface area contributed by atoms with Crippen LogP contribution in [-0.4, -0.2) is 4.57 Å². The Labute approximate surface area is 283 Å². The molecule has 0 N–H and O–H groups in total. The van der Waals surface area contributed by atoms with Crippen LogP contribution in [0.3, 0.4) is 0 Å². The number of aromatic nitrogens is 1. The fraction of sp³-hybridized carbons (Fsp3) is 0. The molecule has 0 aliphatic carbocycles. The summed E-state index contributed by atoms with van der Waals surface area (Å²) < 4.78 is 2.29. The quantitative estimate of drug-likeness (QED) is 0.181. The molecule has 0 fully saturated rings. The van der Waals surface area contributed by atoms with E-state index in [0.29, 0.717) is 5.56 Å². The molecule has 0 saturated carbocycles. The van der Waals surface area contributed by atoms with E-state index in [4.69, 9.17) is 0 Å². The Morgan fingerprint density at radius 2 is 0.959 bits per heavy atom. The maximum atomic E-state index is 9.70. The first-order chi connectivity index (χ1) is 24.2. The minimum atomic E-state index is 0.666. The summed E-state index contributed by atoms with van der Waals surface area (Å²) >= 11 is 0. The maximum absolute atomic E-state index is 9.70. The van der Waals surface area contributed by atoms with Crippen molar-refractivity contribution in [3.8, 4) is 34.0 Å². The van der Waals surface area contributed by atoms with Crippen LogP contribution in [0.5, 0.6) is 0 Å². The molecule has 0 amide bonds. The molecular formula is C47H28N2. The molecule has 0 aliphatic heterocycles. The third-order valence-corrected chi connectivity index (χ3v) is 10.2. The number of hydrogen-bond acceptors (Lipinski definition) is 1. The summed E-state index contributed by atoms with van der Waals surface area (Å²) in [7, 11) is 0. The van der Waals surface area contributed by atoms with E-state index >= 15 is 0 Å². The molecule has 1 heterocycles. The predicted molar refractivity (Wildman–Crippen MR) is 206 cm³/mol. The first-order valence-electron chi connectivity index (χ1n) is 16.6. The van der Waals surface area contributed by atoms with Gasteiger partial charge in [0.1, 0.15) is 0 Å². The van der Waals surface area contributed by atoms with Gasteiger partial charge >= 0.3 is 0 Å². The maximum Gasteiger partial charge on any atom is 0.0991 e. The molecule has 0 bridgehead atoms. The second-order valence-electron chi connectivity index (χ2n) is 12.9. The molecule has 2 heteroatoms. The highest BCUT2D eigenvalue weighted by molar-refractivity contribution is 6.21. The Kier molecular flexibility index (Phi) is 5.97. The molecule has 0 unspecified atom stereocenters. The lowest BCUT2D eigenvalue weighted by Crippen LogP contribution is -1.93. The Balaban J connectivity index is 1.12. The third-order valence-electron chi connectivity index (χ3n) is 10.2. The Morgan fingerprint density at radius 1 is 0.367 bits per heavy atom. The topological polar surface area (TPSA) is 28.7 Å². The van der Waals surface area contributed by atoms with E-state index in [-0.39, 0.29) is 0 Å². The summed E-state index contributed by atoms with van der Waals surface area (Å²) in [4.78, 5) is 0. The van der Waals surface area contributed by atoms with Crippen LogP contribution in [0.15, 0.2) is 170 Å². The Bertz CT molecular complexity index is 3000. The summed E-state index contributed by atoms with van der Waals surface area (Å²) in [6.45, 7) is 0. The minimum absolute atomic E-state index is 0.666. The molecule has 10 rings (SSSR count). The number of para-hydroxylation sites is 1. The lowest BCUT2D eigenvalue weighted by atomic mass is 9.90. The fourth-order valence-corrected chi connectivity index (χ4v) is 7.82. The summed E-state index contributed by atoms with van der Waals surface area (Å²) in [6.07, 6.45) is 0. The highest BCUT2D eigenvalue weighted by Crippen LogP contribution is 2.40. The van der Waals surface area contributed by atoms with Crippen molar-refractivity contribution >= 4 is 64.9 Å². The van der Waals surface area contributed by atoms with Gasteiger partial charge < -0.3 is 4.57 Å². The lowest BCUT2D eigenvalue weighted by Gasteiger charge is -2.14. The van der Waals surface area contributed by atoms with E-state index in [1.807, 2.05) is 18.2 Å². The van der Waals surface area contributed by atoms with E-state index in [9.17, 15) is 5.26 Å². The minimum Gasteiger partial charge on any atom is -0.309 e. The Hall–Kier alpha value is -6.69. The summed E-state index contributed by atoms with van der Waals surface area (Å²) in [6, 6.07) is 63.4. The standard InChI is InChI=1S/C47H28N2/c48-29-30-14-22-46-44(24-30)45-27-35(20-23-47(45)49(46)37-9-2-1-3-10-37)33-15-16-34-26-36(18-17-32(34)25-33)42-28-43-38-11-5-4-8-31(38)19-21-41(43)39-12-6-7-13-40(39)42/h1-28H. The SMILES string of the molecule is N#Cc1ccc2c(c1)c1cc(-c3ccc4cc(-c5cc6c7ccccc7ccc6c6ccccc56)ccc4c3)ccc1n2-c1ccccc1. The van der Waals surface area contributed by atoms with Gasteiger partial charge in [-0.2, -0.15) is 5.26 Å². The van der Waals surface area contributed by atoms with Gasteiger partial charge in [-0.05, 0) is 126 Å². The highest BCUT2D eigenvalue weighted by atomic mass is 15.0. The first-order valence-corrected chi connectivity index (χ1v) is 16.6. The summed E-state index contributed by atoms with van der Waals surface area (Å²) in [5.74, 6) is 0. The fourth-order valence-electron chi connectivity index (χ4n) is 7.82. The van der Waals surface area contributed by atoms with E-state index in [2.05, 4.69) is 162 Å². The van der Waals surface area contributed by atoms with Gasteiger partial charge in [-0.3, -0.25) is 0 Å². The van der Waals surface area contributed by atoms with Gasteiger partial charge in [-0.15, -0.1) is 0 Å². The monoisotopic (exact) mass is 620 g/mol. The van der Waals surface area contributed by atoms with Gasteiger partial charge in [0.2, 0.25) is 0 Å². The van der Waals surface area contributed by atoms with Crippen molar-refractivity contribution in [1.82, 2.24) is 4.57 Å². The molecule has 0 spiro atoms. The zero-order valence-electron chi connectivity index (χ0n) is 26.6. The molecule has 10 aromatic rings. The van der Waals surface area contributed by atoms with Crippen LogP contribution >= 0.6 is 0 Å². The zero-order chi connectivity index (χ0) is 32.5. The van der Waals surface area contributed by atoms with E-state index in [0.717, 1.165) is 33.1 Å². The van der Waals surface area contributed by atoms with Crippen molar-refractivity contribution < 1.29 is 0 Å². The van der Waals surface area contributed by atoms with Crippen molar-refractivity contribution in [2.45, 2.75) is 0 Å². The highest BCUT2D eigenvalue weighted by Gasteiger charge is 2.15. The van der Waals surface area contributed by atoms with Gasteiger partial charge in [-0.1, -0.05) is 109 Å². The van der Waals surface area contributed by atoms with Crippen LogP contribution < -0.4 is 0 Å². The van der Waals surface area contributed by atoms with Crippen molar-refractivity contribution in [1.29, 1.82) is 5.26 Å². The number of nitrogens with zero attached hydrogens (tertiary/aromatic N) is 2. The van der Waals surface area contributed by atoms with Gasteiger partial charge in [0.15, 0.2) is 0 Å². The first kappa shape index (κ1) is 27.4. The van der Waals surface area contributed by atoms with Crippen LogP contribution in [0.2, 0.25) is 0 Å². The van der Waals surface area contributed by atoms with E-state index in [1.54, 1.807) is 0 Å². The van der Waals surface area contributed by atoms with E-state index < -0.39 is 0 Å². The second kappa shape index (κ2) is 10.7. The third kappa shape index (κ3) is 4.27. The molecule has 49 heavy (non-hydrogen) atoms. The van der Waals surface area contributed by atoms with Gasteiger partial charge in [0.05, 0.1) is 22.7 Å². The lowest BCUT2D eigenvalue weighted by molar-refractivity contribution is 1.18. The van der Waals surface area contributed by atoms with Crippen molar-refractivity contribution in [2.24, 2.45) is 0 Å². The number of fused-ring (bicyclic) bond motifs is 9. The average Bonchev–Trinajstić information content (AvgIpc) is 3.50. The zero-order valence-corrected chi connectivity index (χ0v) is 26.6. The largest absolute Gasteiger partial charge is 0.309 e. The molecular weight excluding hydrogens is 593 g/mol. The summed E-state index contributed by atoms with van der Waals surface area (Å²) in [5.41, 5.74) is 8.78. The van der Waals surface area contributed by atoms with Crippen LogP contribution in [0, 0.1) is 11.3 Å². The second-order valence-corrected chi connectivity index (χ2v) is 12.9. The van der Waals surface area contributed by atoms with Crippen LogP contribution in [0.4, 0.5) is 0 Å². The van der Waals surface area contributed by atoms with Crippen LogP contribution in [-0.2, 0) is 0 Å². The van der Waals surface area contributed by atoms with E-state index in [1.165, 1.54) is 59.8 Å². The molecule has 1 aromatic heterocycles. The van der Waals surface area contributed by atoms with Crippen LogP contribution in [0.25, 0.3) is 92.8 Å². The molecule has 0 aliphatic rings.